The average molecular weight is 485 g/mol. The van der Waals surface area contributed by atoms with Crippen molar-refractivity contribution in [1.29, 1.82) is 5.26 Å². The maximum atomic E-state index is 13.2. The van der Waals surface area contributed by atoms with Crippen LogP contribution in [-0.2, 0) is 14.8 Å². The molecule has 0 aromatic heterocycles. The fraction of sp³-hybridized carbons (Fsp3) is 0.348. The summed E-state index contributed by atoms with van der Waals surface area (Å²) in [7, 11) is -3.73. The number of nitriles is 1. The first-order chi connectivity index (χ1) is 15.9. The number of amides is 2. The maximum absolute atomic E-state index is 13.2. The van der Waals surface area contributed by atoms with Crippen molar-refractivity contribution in [3.05, 3.63) is 59.7 Å². The van der Waals surface area contributed by atoms with Crippen LogP contribution in [0.1, 0.15) is 41.6 Å². The molecule has 172 valence electrons. The third kappa shape index (κ3) is 5.38. The van der Waals surface area contributed by atoms with E-state index in [2.05, 4.69) is 10.0 Å². The van der Waals surface area contributed by atoms with Gasteiger partial charge in [0.15, 0.2) is 0 Å². The van der Waals surface area contributed by atoms with Gasteiger partial charge in [-0.25, -0.2) is 13.1 Å². The molecule has 33 heavy (non-hydrogen) atoms. The van der Waals surface area contributed by atoms with E-state index in [0.717, 1.165) is 25.7 Å². The number of rotatable bonds is 6. The fourth-order valence-electron chi connectivity index (χ4n) is 4.01. The Hall–Kier alpha value is -2.87. The van der Waals surface area contributed by atoms with Crippen LogP contribution in [0.15, 0.2) is 53.4 Å². The number of nitrogens with zero attached hydrogens (tertiary/aromatic N) is 2. The van der Waals surface area contributed by atoms with Gasteiger partial charge in [0.05, 0.1) is 22.4 Å². The summed E-state index contributed by atoms with van der Waals surface area (Å²) in [4.78, 5) is 27.6. The molecule has 1 aliphatic carbocycles. The topological polar surface area (TPSA) is 119 Å². The molecule has 2 N–H and O–H groups in total. The lowest BCUT2D eigenvalue weighted by molar-refractivity contribution is -0.119. The van der Waals surface area contributed by atoms with E-state index in [1.165, 1.54) is 28.8 Å². The average Bonchev–Trinajstić information content (AvgIpc) is 3.51. The van der Waals surface area contributed by atoms with E-state index in [4.69, 9.17) is 5.26 Å². The maximum Gasteiger partial charge on any atom is 0.255 e. The summed E-state index contributed by atoms with van der Waals surface area (Å²) in [5.74, 6) is 0.0547. The number of nitrogens with one attached hydrogen (secondary N) is 2. The molecule has 2 amide bonds. The van der Waals surface area contributed by atoms with Gasteiger partial charge in [-0.05, 0) is 55.3 Å². The van der Waals surface area contributed by atoms with Crippen LogP contribution < -0.4 is 10.0 Å². The first-order valence-electron chi connectivity index (χ1n) is 10.7. The van der Waals surface area contributed by atoms with E-state index in [9.17, 15) is 18.0 Å². The Balaban J connectivity index is 1.48. The van der Waals surface area contributed by atoms with E-state index in [-0.39, 0.29) is 22.4 Å². The highest BCUT2D eigenvalue weighted by molar-refractivity contribution is 7.99. The molecule has 1 saturated carbocycles. The molecule has 4 rings (SSSR count). The van der Waals surface area contributed by atoms with Gasteiger partial charge >= 0.3 is 0 Å². The zero-order valence-electron chi connectivity index (χ0n) is 17.9. The molecule has 2 fully saturated rings. The van der Waals surface area contributed by atoms with Crippen molar-refractivity contribution in [3.8, 4) is 6.07 Å². The summed E-state index contributed by atoms with van der Waals surface area (Å²) in [5.41, 5.74) is 1.25. The van der Waals surface area contributed by atoms with Crippen LogP contribution in [-0.4, -0.2) is 48.8 Å². The second kappa shape index (κ2) is 9.95. The Morgan fingerprint density at radius 3 is 2.52 bits per heavy atom. The van der Waals surface area contributed by atoms with Crippen LogP contribution >= 0.6 is 11.8 Å². The van der Waals surface area contributed by atoms with Crippen molar-refractivity contribution in [2.75, 3.05) is 16.9 Å². The largest absolute Gasteiger partial charge is 0.324 e. The van der Waals surface area contributed by atoms with E-state index in [0.29, 0.717) is 22.9 Å². The van der Waals surface area contributed by atoms with Crippen LogP contribution in [0.3, 0.4) is 0 Å². The van der Waals surface area contributed by atoms with Gasteiger partial charge in [0, 0.05) is 23.0 Å². The SMILES string of the molecule is N#Cc1ccc(NC(=O)C2CSCN2C(=O)c2cccc(S(=O)(=O)NC3CCCC3)c2)cc1. The lowest BCUT2D eigenvalue weighted by Gasteiger charge is -2.23. The Morgan fingerprint density at radius 2 is 1.82 bits per heavy atom. The second-order valence-electron chi connectivity index (χ2n) is 8.10. The molecule has 0 radical (unpaired) electrons. The highest BCUT2D eigenvalue weighted by Gasteiger charge is 2.35. The summed E-state index contributed by atoms with van der Waals surface area (Å²) in [5, 5.41) is 11.7. The third-order valence-electron chi connectivity index (χ3n) is 5.80. The predicted molar refractivity (Wildman–Crippen MR) is 126 cm³/mol. The van der Waals surface area contributed by atoms with Crippen LogP contribution in [0.25, 0.3) is 0 Å². The van der Waals surface area contributed by atoms with Crippen molar-refractivity contribution in [3.63, 3.8) is 0 Å². The minimum Gasteiger partial charge on any atom is -0.324 e. The third-order valence-corrected chi connectivity index (χ3v) is 8.33. The zero-order chi connectivity index (χ0) is 23.4. The Labute approximate surface area is 197 Å². The molecule has 1 aliphatic heterocycles. The van der Waals surface area contributed by atoms with Gasteiger partial charge in [0.25, 0.3) is 5.91 Å². The Bertz CT molecular complexity index is 1190. The first-order valence-corrected chi connectivity index (χ1v) is 13.3. The van der Waals surface area contributed by atoms with Gasteiger partial charge in [-0.1, -0.05) is 18.9 Å². The highest BCUT2D eigenvalue weighted by atomic mass is 32.2. The number of hydrogen-bond donors (Lipinski definition) is 2. The number of hydrogen-bond acceptors (Lipinski definition) is 6. The van der Waals surface area contributed by atoms with Crippen molar-refractivity contribution in [1.82, 2.24) is 9.62 Å². The molecular formula is C23H24N4O4S2. The quantitative estimate of drug-likeness (QED) is 0.651. The molecular weight excluding hydrogens is 460 g/mol. The monoisotopic (exact) mass is 484 g/mol. The first kappa shape index (κ1) is 23.3. The van der Waals surface area contributed by atoms with Crippen LogP contribution in [0, 0.1) is 11.3 Å². The summed E-state index contributed by atoms with van der Waals surface area (Å²) >= 11 is 1.46. The molecule has 1 unspecified atom stereocenters. The lowest BCUT2D eigenvalue weighted by Crippen LogP contribution is -2.44. The summed E-state index contributed by atoms with van der Waals surface area (Å²) < 4.78 is 28.3. The van der Waals surface area contributed by atoms with E-state index in [1.807, 2.05) is 6.07 Å². The zero-order valence-corrected chi connectivity index (χ0v) is 19.5. The number of carbonyl (C=O) groups excluding carboxylic acids is 2. The molecule has 2 aliphatic rings. The minimum atomic E-state index is -3.73. The van der Waals surface area contributed by atoms with Crippen LogP contribution in [0.5, 0.6) is 0 Å². The Morgan fingerprint density at radius 1 is 1.09 bits per heavy atom. The molecule has 2 aromatic carbocycles. The summed E-state index contributed by atoms with van der Waals surface area (Å²) in [6.45, 7) is 0. The molecule has 8 nitrogen and oxygen atoms in total. The van der Waals surface area contributed by atoms with E-state index in [1.54, 1.807) is 36.4 Å². The van der Waals surface area contributed by atoms with E-state index >= 15 is 0 Å². The number of anilines is 1. The number of benzene rings is 2. The molecule has 0 bridgehead atoms. The second-order valence-corrected chi connectivity index (χ2v) is 10.8. The van der Waals surface area contributed by atoms with Crippen LogP contribution in [0.2, 0.25) is 0 Å². The molecule has 10 heteroatoms. The molecule has 1 atom stereocenters. The summed E-state index contributed by atoms with van der Waals surface area (Å²) in [6, 6.07) is 13.7. The van der Waals surface area contributed by atoms with Gasteiger partial charge < -0.3 is 10.2 Å². The fourth-order valence-corrected chi connectivity index (χ4v) is 6.51. The number of thioether (sulfide) groups is 1. The van der Waals surface area contributed by atoms with Crippen molar-refractivity contribution in [2.45, 2.75) is 42.7 Å². The lowest BCUT2D eigenvalue weighted by atomic mass is 10.1. The van der Waals surface area contributed by atoms with Crippen LogP contribution in [0.4, 0.5) is 5.69 Å². The standard InChI is InChI=1S/C23H24N4O4S2/c24-13-16-8-10-18(11-9-16)25-22(28)21-14-32-15-27(21)23(29)17-4-3-7-20(12-17)33(30,31)26-19-5-1-2-6-19/h3-4,7-12,19,21,26H,1-2,5-6,14-15H2,(H,25,28). The van der Waals surface area contributed by atoms with Crippen molar-refractivity contribution < 1.29 is 18.0 Å². The van der Waals surface area contributed by atoms with Gasteiger partial charge in [0.2, 0.25) is 15.9 Å². The number of carbonyl (C=O) groups is 2. The van der Waals surface area contributed by atoms with Crippen molar-refractivity contribution in [2.24, 2.45) is 0 Å². The van der Waals surface area contributed by atoms with Gasteiger partial charge in [-0.3, -0.25) is 9.59 Å². The number of sulfonamides is 1. The molecule has 0 spiro atoms. The smallest absolute Gasteiger partial charge is 0.255 e. The highest BCUT2D eigenvalue weighted by Crippen LogP contribution is 2.26. The van der Waals surface area contributed by atoms with Gasteiger partial charge in [-0.15, -0.1) is 11.8 Å². The van der Waals surface area contributed by atoms with Gasteiger partial charge in [0.1, 0.15) is 6.04 Å². The molecule has 2 aromatic rings. The molecule has 1 heterocycles. The van der Waals surface area contributed by atoms with Gasteiger partial charge in [-0.2, -0.15) is 5.26 Å². The minimum absolute atomic E-state index is 0.0469. The normalized spacial score (nSPS) is 18.8. The summed E-state index contributed by atoms with van der Waals surface area (Å²) in [6.07, 6.45) is 3.65. The van der Waals surface area contributed by atoms with E-state index < -0.39 is 22.0 Å². The molecule has 1 saturated heterocycles. The predicted octanol–water partition coefficient (Wildman–Crippen LogP) is 2.93. The van der Waals surface area contributed by atoms with Crippen molar-refractivity contribution >= 4 is 39.3 Å². The Kier molecular flexibility index (Phi) is 7.02.